The van der Waals surface area contributed by atoms with Crippen molar-refractivity contribution in [2.75, 3.05) is 11.9 Å². The molecule has 5 heteroatoms. The van der Waals surface area contributed by atoms with Crippen LogP contribution < -0.4 is 5.32 Å². The number of thioether (sulfide) groups is 1. The maximum absolute atomic E-state index is 9.18. The number of thiazole rings is 1. The normalized spacial score (nSPS) is 10.4. The number of aromatic hydroxyl groups is 1. The standard InChI is InChI=1S/C12H14N2OS2/c1-2-13-12-14-7-11(17-12)8-16-10-5-3-9(15)4-6-10/h3-7,15H,2,8H2,1H3,(H,13,14). The van der Waals surface area contributed by atoms with Crippen LogP contribution in [0.5, 0.6) is 5.75 Å². The second kappa shape index (κ2) is 5.93. The molecular weight excluding hydrogens is 252 g/mol. The number of rotatable bonds is 5. The number of benzene rings is 1. The summed E-state index contributed by atoms with van der Waals surface area (Å²) in [7, 11) is 0. The Morgan fingerprint density at radius 1 is 1.35 bits per heavy atom. The van der Waals surface area contributed by atoms with Crippen LogP contribution in [0.2, 0.25) is 0 Å². The van der Waals surface area contributed by atoms with E-state index in [1.54, 1.807) is 35.2 Å². The third-order valence-corrected chi connectivity index (χ3v) is 4.30. The second-order valence-electron chi connectivity index (χ2n) is 3.44. The molecule has 2 N–H and O–H groups in total. The second-order valence-corrected chi connectivity index (χ2v) is 5.61. The molecule has 0 radical (unpaired) electrons. The molecular formula is C12H14N2OS2. The topological polar surface area (TPSA) is 45.2 Å². The van der Waals surface area contributed by atoms with Gasteiger partial charge in [-0.15, -0.1) is 23.1 Å². The van der Waals surface area contributed by atoms with Crippen LogP contribution in [-0.4, -0.2) is 16.6 Å². The summed E-state index contributed by atoms with van der Waals surface area (Å²) in [5.41, 5.74) is 0. The van der Waals surface area contributed by atoms with Crippen LogP contribution in [-0.2, 0) is 5.75 Å². The molecule has 1 heterocycles. The van der Waals surface area contributed by atoms with Gasteiger partial charge in [-0.25, -0.2) is 4.98 Å². The smallest absolute Gasteiger partial charge is 0.182 e. The van der Waals surface area contributed by atoms with Crippen molar-refractivity contribution in [1.82, 2.24) is 4.98 Å². The van der Waals surface area contributed by atoms with Crippen molar-refractivity contribution in [3.63, 3.8) is 0 Å². The van der Waals surface area contributed by atoms with Crippen molar-refractivity contribution in [2.24, 2.45) is 0 Å². The van der Waals surface area contributed by atoms with Crippen LogP contribution in [0.4, 0.5) is 5.13 Å². The third-order valence-electron chi connectivity index (χ3n) is 2.10. The van der Waals surface area contributed by atoms with Gasteiger partial charge in [0.2, 0.25) is 0 Å². The third kappa shape index (κ3) is 3.64. The molecule has 0 saturated carbocycles. The molecule has 0 saturated heterocycles. The van der Waals surface area contributed by atoms with Gasteiger partial charge >= 0.3 is 0 Å². The zero-order chi connectivity index (χ0) is 12.1. The number of hydrogen-bond donors (Lipinski definition) is 2. The van der Waals surface area contributed by atoms with Crippen LogP contribution in [0, 0.1) is 0 Å². The first-order valence-electron chi connectivity index (χ1n) is 5.38. The summed E-state index contributed by atoms with van der Waals surface area (Å²) in [6.45, 7) is 2.96. The molecule has 0 bridgehead atoms. The summed E-state index contributed by atoms with van der Waals surface area (Å²) in [4.78, 5) is 6.69. The van der Waals surface area contributed by atoms with E-state index in [0.29, 0.717) is 5.75 Å². The number of aromatic nitrogens is 1. The van der Waals surface area contributed by atoms with E-state index >= 15 is 0 Å². The number of anilines is 1. The van der Waals surface area contributed by atoms with Crippen molar-refractivity contribution in [3.05, 3.63) is 35.3 Å². The van der Waals surface area contributed by atoms with Crippen LogP contribution >= 0.6 is 23.1 Å². The highest BCUT2D eigenvalue weighted by Crippen LogP contribution is 2.28. The summed E-state index contributed by atoms with van der Waals surface area (Å²) in [6, 6.07) is 7.26. The Balaban J connectivity index is 1.90. The van der Waals surface area contributed by atoms with Crippen molar-refractivity contribution in [1.29, 1.82) is 0 Å². The highest BCUT2D eigenvalue weighted by Gasteiger charge is 2.02. The van der Waals surface area contributed by atoms with E-state index in [1.807, 2.05) is 18.3 Å². The molecule has 2 aromatic rings. The predicted octanol–water partition coefficient (Wildman–Crippen LogP) is 3.57. The van der Waals surface area contributed by atoms with Gasteiger partial charge < -0.3 is 10.4 Å². The quantitative estimate of drug-likeness (QED) is 0.812. The zero-order valence-electron chi connectivity index (χ0n) is 9.51. The molecule has 3 nitrogen and oxygen atoms in total. The Labute approximate surface area is 109 Å². The highest BCUT2D eigenvalue weighted by atomic mass is 32.2. The SMILES string of the molecule is CCNc1ncc(CSc2ccc(O)cc2)s1. The molecule has 1 aromatic heterocycles. The Kier molecular flexibility index (Phi) is 4.28. The van der Waals surface area contributed by atoms with Crippen molar-refractivity contribution in [2.45, 2.75) is 17.6 Å². The van der Waals surface area contributed by atoms with Gasteiger partial charge in [0, 0.05) is 28.3 Å². The van der Waals surface area contributed by atoms with Gasteiger partial charge in [0.1, 0.15) is 5.75 Å². The Morgan fingerprint density at radius 2 is 2.12 bits per heavy atom. The molecule has 0 aliphatic heterocycles. The van der Waals surface area contributed by atoms with Crippen LogP contribution in [0.15, 0.2) is 35.4 Å². The Hall–Kier alpha value is -1.20. The minimum atomic E-state index is 0.307. The lowest BCUT2D eigenvalue weighted by Gasteiger charge is -1.99. The lowest BCUT2D eigenvalue weighted by Crippen LogP contribution is -1.94. The average Bonchev–Trinajstić information content (AvgIpc) is 2.77. The van der Waals surface area contributed by atoms with E-state index < -0.39 is 0 Å². The minimum Gasteiger partial charge on any atom is -0.508 e. The molecule has 0 atom stereocenters. The van der Waals surface area contributed by atoms with Crippen molar-refractivity contribution >= 4 is 28.2 Å². The zero-order valence-corrected chi connectivity index (χ0v) is 11.1. The molecule has 2 rings (SSSR count). The lowest BCUT2D eigenvalue weighted by atomic mass is 10.3. The minimum absolute atomic E-state index is 0.307. The van der Waals surface area contributed by atoms with E-state index in [2.05, 4.69) is 17.2 Å². The van der Waals surface area contributed by atoms with Gasteiger partial charge in [-0.3, -0.25) is 0 Å². The van der Waals surface area contributed by atoms with Gasteiger partial charge in [-0.05, 0) is 31.2 Å². The van der Waals surface area contributed by atoms with Crippen molar-refractivity contribution in [3.8, 4) is 5.75 Å². The number of nitrogens with zero attached hydrogens (tertiary/aromatic N) is 1. The van der Waals surface area contributed by atoms with Gasteiger partial charge in [0.15, 0.2) is 5.13 Å². The lowest BCUT2D eigenvalue weighted by molar-refractivity contribution is 0.475. The van der Waals surface area contributed by atoms with E-state index in [9.17, 15) is 5.11 Å². The number of hydrogen-bond acceptors (Lipinski definition) is 5. The summed E-state index contributed by atoms with van der Waals surface area (Å²) >= 11 is 3.43. The first kappa shape index (κ1) is 12.3. The largest absolute Gasteiger partial charge is 0.508 e. The summed E-state index contributed by atoms with van der Waals surface area (Å²) in [6.07, 6.45) is 1.91. The molecule has 0 amide bonds. The van der Waals surface area contributed by atoms with Crippen LogP contribution in [0.25, 0.3) is 0 Å². The maximum atomic E-state index is 9.18. The van der Waals surface area contributed by atoms with Gasteiger partial charge in [-0.1, -0.05) is 0 Å². The van der Waals surface area contributed by atoms with E-state index in [-0.39, 0.29) is 0 Å². The van der Waals surface area contributed by atoms with E-state index in [4.69, 9.17) is 0 Å². The fourth-order valence-corrected chi connectivity index (χ4v) is 3.10. The van der Waals surface area contributed by atoms with Gasteiger partial charge in [0.05, 0.1) is 0 Å². The first-order chi connectivity index (χ1) is 8.28. The monoisotopic (exact) mass is 266 g/mol. The Morgan fingerprint density at radius 3 is 2.82 bits per heavy atom. The summed E-state index contributed by atoms with van der Waals surface area (Å²) < 4.78 is 0. The average molecular weight is 266 g/mol. The van der Waals surface area contributed by atoms with E-state index in [1.165, 1.54) is 4.88 Å². The molecule has 0 fully saturated rings. The summed E-state index contributed by atoms with van der Waals surface area (Å²) in [5.74, 6) is 1.22. The van der Waals surface area contributed by atoms with E-state index in [0.717, 1.165) is 22.3 Å². The molecule has 0 spiro atoms. The molecule has 0 aliphatic rings. The molecule has 0 aliphatic carbocycles. The van der Waals surface area contributed by atoms with Crippen molar-refractivity contribution < 1.29 is 5.11 Å². The molecule has 1 aromatic carbocycles. The van der Waals surface area contributed by atoms with Crippen LogP contribution in [0.3, 0.4) is 0 Å². The fourth-order valence-electron chi connectivity index (χ4n) is 1.30. The maximum Gasteiger partial charge on any atom is 0.182 e. The van der Waals surface area contributed by atoms with Gasteiger partial charge in [-0.2, -0.15) is 0 Å². The predicted molar refractivity (Wildman–Crippen MR) is 73.9 cm³/mol. The highest BCUT2D eigenvalue weighted by molar-refractivity contribution is 7.98. The number of phenolic OH excluding ortho intramolecular Hbond substituents is 1. The molecule has 0 unspecified atom stereocenters. The molecule has 17 heavy (non-hydrogen) atoms. The number of nitrogens with one attached hydrogen (secondary N) is 1. The molecule has 90 valence electrons. The van der Waals surface area contributed by atoms with Gasteiger partial charge in [0.25, 0.3) is 0 Å². The summed E-state index contributed by atoms with van der Waals surface area (Å²) in [5, 5.41) is 13.4. The fraction of sp³-hybridized carbons (Fsp3) is 0.250. The van der Waals surface area contributed by atoms with Crippen LogP contribution in [0.1, 0.15) is 11.8 Å². The number of phenols is 1. The first-order valence-corrected chi connectivity index (χ1v) is 7.18. The Bertz CT molecular complexity index is 468.